The van der Waals surface area contributed by atoms with Gasteiger partial charge in [0.25, 0.3) is 5.91 Å². The van der Waals surface area contributed by atoms with E-state index in [2.05, 4.69) is 22.2 Å². The molecule has 0 bridgehead atoms. The molecule has 1 amide bonds. The van der Waals surface area contributed by atoms with Crippen LogP contribution in [-0.4, -0.2) is 44.0 Å². The number of hydrogen-bond donors (Lipinski definition) is 1. The molecule has 1 N–H and O–H groups in total. The number of nitrogens with one attached hydrogen (secondary N) is 1. The van der Waals surface area contributed by atoms with Crippen molar-refractivity contribution in [3.05, 3.63) is 59.7 Å². The van der Waals surface area contributed by atoms with Gasteiger partial charge in [-0.05, 0) is 49.9 Å². The van der Waals surface area contributed by atoms with Gasteiger partial charge in [-0.15, -0.1) is 0 Å². The van der Waals surface area contributed by atoms with E-state index in [1.54, 1.807) is 0 Å². The Bertz CT molecular complexity index is 673. The largest absolute Gasteiger partial charge is 0.369 e. The average Bonchev–Trinajstić information content (AvgIpc) is 2.58. The zero-order chi connectivity index (χ0) is 16.2. The fourth-order valence-electron chi connectivity index (χ4n) is 2.80. The van der Waals surface area contributed by atoms with Crippen molar-refractivity contribution in [2.75, 3.05) is 43.4 Å². The molecule has 0 unspecified atom stereocenters. The van der Waals surface area contributed by atoms with Gasteiger partial charge in [-0.25, -0.2) is 0 Å². The molecule has 23 heavy (non-hydrogen) atoms. The number of aryl methyl sites for hydroxylation is 1. The number of anilines is 2. The highest BCUT2D eigenvalue weighted by atomic mass is 16.1. The van der Waals surface area contributed by atoms with Crippen LogP contribution in [0.1, 0.15) is 15.9 Å². The van der Waals surface area contributed by atoms with Crippen molar-refractivity contribution in [3.8, 4) is 0 Å². The number of nitrogens with zero attached hydrogens (tertiary/aromatic N) is 2. The number of para-hydroxylation sites is 1. The summed E-state index contributed by atoms with van der Waals surface area (Å²) < 4.78 is 0. The van der Waals surface area contributed by atoms with Gasteiger partial charge in [0.05, 0.1) is 0 Å². The molecule has 120 valence electrons. The van der Waals surface area contributed by atoms with Crippen LogP contribution in [-0.2, 0) is 0 Å². The zero-order valence-electron chi connectivity index (χ0n) is 13.7. The summed E-state index contributed by atoms with van der Waals surface area (Å²) in [6.45, 7) is 6.22. The minimum atomic E-state index is -0.0655. The van der Waals surface area contributed by atoms with Crippen LogP contribution in [0.3, 0.4) is 0 Å². The highest BCUT2D eigenvalue weighted by molar-refractivity contribution is 6.04. The summed E-state index contributed by atoms with van der Waals surface area (Å²) in [6.07, 6.45) is 0. The summed E-state index contributed by atoms with van der Waals surface area (Å²) in [6, 6.07) is 15.7. The molecule has 0 radical (unpaired) electrons. The van der Waals surface area contributed by atoms with Gasteiger partial charge in [-0.3, -0.25) is 4.79 Å². The van der Waals surface area contributed by atoms with Crippen molar-refractivity contribution in [2.24, 2.45) is 0 Å². The van der Waals surface area contributed by atoms with E-state index in [9.17, 15) is 4.79 Å². The molecular weight excluding hydrogens is 286 g/mol. The van der Waals surface area contributed by atoms with Crippen LogP contribution in [0.15, 0.2) is 48.5 Å². The standard InChI is InChI=1S/C19H23N3O/c1-15-5-3-4-6-18(15)20-19(23)16-7-9-17(10-8-16)22-13-11-21(2)12-14-22/h3-10H,11-14H2,1-2H3,(H,20,23). The second-order valence-corrected chi connectivity index (χ2v) is 6.11. The first-order chi connectivity index (χ1) is 11.1. The van der Waals surface area contributed by atoms with Crippen LogP contribution in [0, 0.1) is 6.92 Å². The third-order valence-corrected chi connectivity index (χ3v) is 4.39. The highest BCUT2D eigenvalue weighted by Gasteiger charge is 2.15. The van der Waals surface area contributed by atoms with Crippen LogP contribution < -0.4 is 10.2 Å². The molecule has 0 spiro atoms. The molecule has 4 nitrogen and oxygen atoms in total. The van der Waals surface area contributed by atoms with E-state index in [-0.39, 0.29) is 5.91 Å². The third-order valence-electron chi connectivity index (χ3n) is 4.39. The first-order valence-corrected chi connectivity index (χ1v) is 8.04. The molecule has 0 saturated carbocycles. The zero-order valence-corrected chi connectivity index (χ0v) is 13.7. The van der Waals surface area contributed by atoms with Crippen molar-refractivity contribution in [3.63, 3.8) is 0 Å². The lowest BCUT2D eigenvalue weighted by atomic mass is 10.1. The Kier molecular flexibility index (Phi) is 4.63. The van der Waals surface area contributed by atoms with Gasteiger partial charge in [0.1, 0.15) is 0 Å². The summed E-state index contributed by atoms with van der Waals surface area (Å²) in [5, 5.41) is 2.97. The van der Waals surface area contributed by atoms with Gasteiger partial charge in [0, 0.05) is 43.1 Å². The van der Waals surface area contributed by atoms with E-state index in [1.807, 2.05) is 55.5 Å². The van der Waals surface area contributed by atoms with E-state index in [1.165, 1.54) is 5.69 Å². The number of benzene rings is 2. The topological polar surface area (TPSA) is 35.6 Å². The monoisotopic (exact) mass is 309 g/mol. The first-order valence-electron chi connectivity index (χ1n) is 8.04. The highest BCUT2D eigenvalue weighted by Crippen LogP contribution is 2.19. The number of rotatable bonds is 3. The van der Waals surface area contributed by atoms with Crippen LogP contribution in [0.2, 0.25) is 0 Å². The van der Waals surface area contributed by atoms with Gasteiger partial charge in [-0.2, -0.15) is 0 Å². The molecule has 1 saturated heterocycles. The SMILES string of the molecule is Cc1ccccc1NC(=O)c1ccc(N2CCN(C)CC2)cc1. The van der Waals surface area contributed by atoms with Crippen molar-refractivity contribution >= 4 is 17.3 Å². The quantitative estimate of drug-likeness (QED) is 0.947. The molecule has 1 aliphatic rings. The van der Waals surface area contributed by atoms with E-state index >= 15 is 0 Å². The number of carbonyl (C=O) groups excluding carboxylic acids is 1. The fraction of sp³-hybridized carbons (Fsp3) is 0.316. The maximum atomic E-state index is 12.4. The predicted molar refractivity (Wildman–Crippen MR) is 95.3 cm³/mol. The van der Waals surface area contributed by atoms with E-state index in [0.29, 0.717) is 5.56 Å². The average molecular weight is 309 g/mol. The number of amides is 1. The maximum absolute atomic E-state index is 12.4. The lowest BCUT2D eigenvalue weighted by Crippen LogP contribution is -2.44. The summed E-state index contributed by atoms with van der Waals surface area (Å²) in [5.41, 5.74) is 3.80. The molecule has 0 aromatic heterocycles. The second kappa shape index (κ2) is 6.84. The molecule has 2 aromatic carbocycles. The van der Waals surface area contributed by atoms with Crippen molar-refractivity contribution < 1.29 is 4.79 Å². The summed E-state index contributed by atoms with van der Waals surface area (Å²) >= 11 is 0. The van der Waals surface area contributed by atoms with Crippen molar-refractivity contribution in [1.29, 1.82) is 0 Å². The normalized spacial score (nSPS) is 15.5. The molecule has 1 aliphatic heterocycles. The molecule has 0 aliphatic carbocycles. The summed E-state index contributed by atoms with van der Waals surface area (Å²) in [4.78, 5) is 17.1. The van der Waals surface area contributed by atoms with Crippen LogP contribution in [0.5, 0.6) is 0 Å². The minimum absolute atomic E-state index is 0.0655. The molecule has 3 rings (SSSR count). The van der Waals surface area contributed by atoms with Gasteiger partial charge in [-0.1, -0.05) is 18.2 Å². The molecule has 1 heterocycles. The van der Waals surface area contributed by atoms with E-state index in [4.69, 9.17) is 0 Å². The number of likely N-dealkylation sites (N-methyl/N-ethyl adjacent to an activating group) is 1. The van der Waals surface area contributed by atoms with Crippen LogP contribution >= 0.6 is 0 Å². The molecule has 2 aromatic rings. The Morgan fingerprint density at radius 2 is 1.61 bits per heavy atom. The van der Waals surface area contributed by atoms with Gasteiger partial charge in [0.15, 0.2) is 0 Å². The molecule has 0 atom stereocenters. The van der Waals surface area contributed by atoms with Gasteiger partial charge in [0.2, 0.25) is 0 Å². The Morgan fingerprint density at radius 1 is 0.957 bits per heavy atom. The van der Waals surface area contributed by atoms with E-state index in [0.717, 1.165) is 37.4 Å². The number of piperazine rings is 1. The Labute approximate surface area is 137 Å². The molecular formula is C19H23N3O. The first kappa shape index (κ1) is 15.6. The minimum Gasteiger partial charge on any atom is -0.369 e. The van der Waals surface area contributed by atoms with Gasteiger partial charge < -0.3 is 15.1 Å². The molecule has 1 fully saturated rings. The fourth-order valence-corrected chi connectivity index (χ4v) is 2.80. The molecule has 4 heteroatoms. The van der Waals surface area contributed by atoms with Crippen molar-refractivity contribution in [1.82, 2.24) is 4.90 Å². The van der Waals surface area contributed by atoms with Gasteiger partial charge >= 0.3 is 0 Å². The third kappa shape index (κ3) is 3.71. The number of carbonyl (C=O) groups is 1. The Balaban J connectivity index is 1.67. The summed E-state index contributed by atoms with van der Waals surface area (Å²) in [7, 11) is 2.15. The Morgan fingerprint density at radius 3 is 2.26 bits per heavy atom. The smallest absolute Gasteiger partial charge is 0.255 e. The second-order valence-electron chi connectivity index (χ2n) is 6.11. The summed E-state index contributed by atoms with van der Waals surface area (Å²) in [5.74, 6) is -0.0655. The lowest BCUT2D eigenvalue weighted by Gasteiger charge is -2.34. The van der Waals surface area contributed by atoms with E-state index < -0.39 is 0 Å². The lowest BCUT2D eigenvalue weighted by molar-refractivity contribution is 0.102. The van der Waals surface area contributed by atoms with Crippen molar-refractivity contribution in [2.45, 2.75) is 6.92 Å². The van der Waals surface area contributed by atoms with Crippen LogP contribution in [0.4, 0.5) is 11.4 Å². The maximum Gasteiger partial charge on any atom is 0.255 e. The van der Waals surface area contributed by atoms with Crippen LogP contribution in [0.25, 0.3) is 0 Å². The predicted octanol–water partition coefficient (Wildman–Crippen LogP) is 3.00. The number of hydrogen-bond acceptors (Lipinski definition) is 3. The Hall–Kier alpha value is -2.33.